The second-order valence-electron chi connectivity index (χ2n) is 7.53. The number of rotatable bonds is 8. The van der Waals surface area contributed by atoms with Crippen molar-refractivity contribution in [3.8, 4) is 0 Å². The SMILES string of the molecule is C=N/C=C\N(C)c1nccc(N2CCC[C@@H]2CC(=O)NCc2ccc3nc[nH]c3c2)n1. The Morgan fingerprint density at radius 1 is 1.42 bits per heavy atom. The number of hydrogen-bond donors (Lipinski definition) is 2. The van der Waals surface area contributed by atoms with Crippen LogP contribution in [0.3, 0.4) is 0 Å². The van der Waals surface area contributed by atoms with Crippen molar-refractivity contribution in [2.24, 2.45) is 4.99 Å². The number of aliphatic imine (C=N–C) groups is 1. The molecule has 3 heterocycles. The molecule has 9 heteroatoms. The zero-order valence-electron chi connectivity index (χ0n) is 17.5. The topological polar surface area (TPSA) is 102 Å². The van der Waals surface area contributed by atoms with Gasteiger partial charge in [0.1, 0.15) is 5.82 Å². The third kappa shape index (κ3) is 4.88. The van der Waals surface area contributed by atoms with Crippen molar-refractivity contribution in [1.82, 2.24) is 25.3 Å². The van der Waals surface area contributed by atoms with Gasteiger partial charge in [0, 0.05) is 51.2 Å². The first-order valence-electron chi connectivity index (χ1n) is 10.3. The van der Waals surface area contributed by atoms with E-state index in [2.05, 4.69) is 41.9 Å². The number of aromatic amines is 1. The first kappa shape index (κ1) is 20.5. The molecule has 1 amide bonds. The van der Waals surface area contributed by atoms with Crippen LogP contribution in [0.25, 0.3) is 11.0 Å². The maximum atomic E-state index is 12.6. The van der Waals surface area contributed by atoms with Gasteiger partial charge in [-0.25, -0.2) is 9.97 Å². The molecule has 4 rings (SSSR count). The lowest BCUT2D eigenvalue weighted by Crippen LogP contribution is -2.35. The molecule has 1 fully saturated rings. The number of benzene rings is 1. The van der Waals surface area contributed by atoms with E-state index in [0.717, 1.165) is 41.8 Å². The number of nitrogens with zero attached hydrogens (tertiary/aromatic N) is 6. The minimum Gasteiger partial charge on any atom is -0.353 e. The first-order valence-corrected chi connectivity index (χ1v) is 10.3. The van der Waals surface area contributed by atoms with Crippen LogP contribution in [-0.4, -0.2) is 52.2 Å². The smallest absolute Gasteiger partial charge is 0.231 e. The number of anilines is 2. The van der Waals surface area contributed by atoms with Crippen LogP contribution < -0.4 is 15.1 Å². The van der Waals surface area contributed by atoms with E-state index < -0.39 is 0 Å². The fraction of sp³-hybridized carbons (Fsp3) is 0.318. The highest BCUT2D eigenvalue weighted by Gasteiger charge is 2.28. The average molecular weight is 419 g/mol. The van der Waals surface area contributed by atoms with Gasteiger partial charge in [-0.3, -0.25) is 9.79 Å². The van der Waals surface area contributed by atoms with Gasteiger partial charge in [-0.1, -0.05) is 6.07 Å². The Morgan fingerprint density at radius 3 is 3.19 bits per heavy atom. The standard InChI is InChI=1S/C22H26N8O/c1-23-9-11-29(2)22-24-8-7-20(28-22)30-10-3-4-17(30)13-21(31)25-14-16-5-6-18-19(12-16)27-15-26-18/h5-9,11-12,15,17H,1,3-4,10,13-14H2,2H3,(H,25,31)(H,26,27)/b11-9-/t17-/m1/s1. The molecular formula is C22H26N8O. The lowest BCUT2D eigenvalue weighted by Gasteiger charge is -2.26. The highest BCUT2D eigenvalue weighted by atomic mass is 16.1. The molecule has 0 unspecified atom stereocenters. The van der Waals surface area contributed by atoms with Gasteiger partial charge < -0.3 is 20.1 Å². The van der Waals surface area contributed by atoms with Crippen molar-refractivity contribution in [2.75, 3.05) is 23.4 Å². The maximum Gasteiger partial charge on any atom is 0.231 e. The third-order valence-electron chi connectivity index (χ3n) is 5.41. The summed E-state index contributed by atoms with van der Waals surface area (Å²) in [4.78, 5) is 36.6. The molecule has 9 nitrogen and oxygen atoms in total. The molecule has 31 heavy (non-hydrogen) atoms. The summed E-state index contributed by atoms with van der Waals surface area (Å²) in [7, 11) is 1.86. The molecule has 0 saturated carbocycles. The molecule has 1 atom stereocenters. The van der Waals surface area contributed by atoms with Gasteiger partial charge in [0.2, 0.25) is 11.9 Å². The molecule has 0 radical (unpaired) electrons. The van der Waals surface area contributed by atoms with E-state index in [0.29, 0.717) is 18.9 Å². The van der Waals surface area contributed by atoms with Crippen molar-refractivity contribution in [3.05, 3.63) is 54.8 Å². The minimum atomic E-state index is 0.0352. The lowest BCUT2D eigenvalue weighted by molar-refractivity contribution is -0.121. The highest BCUT2D eigenvalue weighted by Crippen LogP contribution is 2.26. The Morgan fingerprint density at radius 2 is 2.32 bits per heavy atom. The van der Waals surface area contributed by atoms with Crippen molar-refractivity contribution in [2.45, 2.75) is 31.8 Å². The van der Waals surface area contributed by atoms with Gasteiger partial charge in [-0.2, -0.15) is 4.98 Å². The first-order chi connectivity index (χ1) is 15.1. The summed E-state index contributed by atoms with van der Waals surface area (Å²) >= 11 is 0. The van der Waals surface area contributed by atoms with Crippen molar-refractivity contribution >= 4 is 35.4 Å². The fourth-order valence-electron chi connectivity index (χ4n) is 3.81. The van der Waals surface area contributed by atoms with Gasteiger partial charge >= 0.3 is 0 Å². The van der Waals surface area contributed by atoms with E-state index in [1.54, 1.807) is 29.8 Å². The summed E-state index contributed by atoms with van der Waals surface area (Å²) in [6.45, 7) is 4.80. The summed E-state index contributed by atoms with van der Waals surface area (Å²) < 4.78 is 0. The van der Waals surface area contributed by atoms with E-state index in [4.69, 9.17) is 0 Å². The van der Waals surface area contributed by atoms with E-state index in [9.17, 15) is 4.79 Å². The zero-order chi connectivity index (χ0) is 21.6. The van der Waals surface area contributed by atoms with Crippen LogP contribution in [0.15, 0.2) is 54.2 Å². The van der Waals surface area contributed by atoms with E-state index in [1.165, 1.54) is 0 Å². The number of hydrogen-bond acceptors (Lipinski definition) is 7. The Kier molecular flexibility index (Phi) is 6.21. The van der Waals surface area contributed by atoms with Crippen LogP contribution in [0.2, 0.25) is 0 Å². The minimum absolute atomic E-state index is 0.0352. The van der Waals surface area contributed by atoms with Gasteiger partial charge in [-0.15, -0.1) is 0 Å². The molecule has 1 saturated heterocycles. The third-order valence-corrected chi connectivity index (χ3v) is 5.41. The predicted octanol–water partition coefficient (Wildman–Crippen LogP) is 2.64. The van der Waals surface area contributed by atoms with E-state index in [-0.39, 0.29) is 11.9 Å². The van der Waals surface area contributed by atoms with Crippen LogP contribution in [-0.2, 0) is 11.3 Å². The zero-order valence-corrected chi connectivity index (χ0v) is 17.5. The maximum absolute atomic E-state index is 12.6. The summed E-state index contributed by atoms with van der Waals surface area (Å²) in [6.07, 6.45) is 9.18. The Balaban J connectivity index is 1.37. The number of amides is 1. The molecule has 3 aromatic rings. The lowest BCUT2D eigenvalue weighted by atomic mass is 10.1. The van der Waals surface area contributed by atoms with Gasteiger partial charge in [0.15, 0.2) is 0 Å². The largest absolute Gasteiger partial charge is 0.353 e. The van der Waals surface area contributed by atoms with Crippen molar-refractivity contribution in [1.29, 1.82) is 0 Å². The number of H-pyrrole nitrogens is 1. The summed E-state index contributed by atoms with van der Waals surface area (Å²) in [5.41, 5.74) is 2.93. The van der Waals surface area contributed by atoms with Gasteiger partial charge in [0.25, 0.3) is 0 Å². The number of fused-ring (bicyclic) bond motifs is 1. The molecular weight excluding hydrogens is 392 g/mol. The highest BCUT2D eigenvalue weighted by molar-refractivity contribution is 5.78. The predicted molar refractivity (Wildman–Crippen MR) is 122 cm³/mol. The van der Waals surface area contributed by atoms with Crippen LogP contribution in [0, 0.1) is 0 Å². The molecule has 1 aromatic carbocycles. The van der Waals surface area contributed by atoms with E-state index >= 15 is 0 Å². The molecule has 0 bridgehead atoms. The molecule has 0 aliphatic carbocycles. The average Bonchev–Trinajstić information content (AvgIpc) is 3.45. The van der Waals surface area contributed by atoms with Crippen LogP contribution in [0.5, 0.6) is 0 Å². The number of nitrogens with one attached hydrogen (secondary N) is 2. The number of carbonyl (C=O) groups excluding carboxylic acids is 1. The second kappa shape index (κ2) is 9.38. The summed E-state index contributed by atoms with van der Waals surface area (Å²) in [5.74, 6) is 1.44. The van der Waals surface area contributed by atoms with Gasteiger partial charge in [0.05, 0.1) is 17.4 Å². The number of aromatic nitrogens is 4. The molecule has 1 aliphatic heterocycles. The second-order valence-corrected chi connectivity index (χ2v) is 7.53. The molecule has 2 aromatic heterocycles. The van der Waals surface area contributed by atoms with Crippen LogP contribution >= 0.6 is 0 Å². The quantitative estimate of drug-likeness (QED) is 0.545. The number of imidazole rings is 1. The van der Waals surface area contributed by atoms with Gasteiger partial charge in [-0.05, 0) is 43.3 Å². The Bertz CT molecular complexity index is 1090. The molecule has 1 aliphatic rings. The van der Waals surface area contributed by atoms with Crippen LogP contribution in [0.4, 0.5) is 11.8 Å². The van der Waals surface area contributed by atoms with Crippen molar-refractivity contribution < 1.29 is 4.79 Å². The Hall–Kier alpha value is -3.75. The normalized spacial score (nSPS) is 16.2. The molecule has 2 N–H and O–H groups in total. The van der Waals surface area contributed by atoms with Crippen LogP contribution in [0.1, 0.15) is 24.8 Å². The Labute approximate surface area is 180 Å². The van der Waals surface area contributed by atoms with Crippen molar-refractivity contribution in [3.63, 3.8) is 0 Å². The number of carbonyl (C=O) groups is 1. The fourth-order valence-corrected chi connectivity index (χ4v) is 3.81. The molecule has 160 valence electrons. The van der Waals surface area contributed by atoms with E-state index in [1.807, 2.05) is 31.3 Å². The summed E-state index contributed by atoms with van der Waals surface area (Å²) in [5, 5.41) is 3.04. The molecule has 0 spiro atoms. The summed E-state index contributed by atoms with van der Waals surface area (Å²) in [6, 6.07) is 7.97. The monoisotopic (exact) mass is 418 g/mol.